The first kappa shape index (κ1) is 17.5. The van der Waals surface area contributed by atoms with E-state index in [1.54, 1.807) is 24.0 Å². The fourth-order valence-electron chi connectivity index (χ4n) is 2.72. The molecule has 1 aromatic carbocycles. The molecule has 0 spiro atoms. The molecule has 0 aliphatic carbocycles. The molecule has 1 fully saturated rings. The number of carbonyl (C=O) groups is 1. The number of hydrogen-bond acceptors (Lipinski definition) is 3. The SMILES string of the molecule is CC(CNC(=O)N1CCCC(C(C)O)C1)Oc1ccc(F)cc1. The van der Waals surface area contributed by atoms with E-state index in [1.807, 2.05) is 6.92 Å². The highest BCUT2D eigenvalue weighted by atomic mass is 19.1. The Balaban J connectivity index is 1.76. The third-order valence-electron chi connectivity index (χ3n) is 4.12. The quantitative estimate of drug-likeness (QED) is 0.874. The van der Waals surface area contributed by atoms with Crippen molar-refractivity contribution < 1.29 is 19.0 Å². The largest absolute Gasteiger partial charge is 0.489 e. The lowest BCUT2D eigenvalue weighted by molar-refractivity contribution is 0.0732. The van der Waals surface area contributed by atoms with Crippen LogP contribution in [0.15, 0.2) is 24.3 Å². The fraction of sp³-hybridized carbons (Fsp3) is 0.588. The number of urea groups is 1. The molecule has 6 heteroatoms. The van der Waals surface area contributed by atoms with E-state index >= 15 is 0 Å². The molecule has 1 saturated heterocycles. The van der Waals surface area contributed by atoms with E-state index in [1.165, 1.54) is 12.1 Å². The number of likely N-dealkylation sites (tertiary alicyclic amines) is 1. The minimum absolute atomic E-state index is 0.134. The molecule has 0 saturated carbocycles. The monoisotopic (exact) mass is 324 g/mol. The van der Waals surface area contributed by atoms with Crippen LogP contribution in [-0.4, -0.2) is 47.9 Å². The second-order valence-electron chi connectivity index (χ2n) is 6.16. The number of halogens is 1. The lowest BCUT2D eigenvalue weighted by Crippen LogP contribution is -2.49. The Kier molecular flexibility index (Phi) is 6.21. The third kappa shape index (κ3) is 5.39. The van der Waals surface area contributed by atoms with Crippen molar-refractivity contribution in [3.05, 3.63) is 30.1 Å². The van der Waals surface area contributed by atoms with Crippen molar-refractivity contribution in [3.63, 3.8) is 0 Å². The maximum absolute atomic E-state index is 12.8. The van der Waals surface area contributed by atoms with Crippen molar-refractivity contribution in [3.8, 4) is 5.75 Å². The normalized spacial score (nSPS) is 20.7. The molecule has 1 aliphatic rings. The van der Waals surface area contributed by atoms with Crippen LogP contribution in [-0.2, 0) is 0 Å². The Labute approximate surface area is 136 Å². The first-order valence-corrected chi connectivity index (χ1v) is 8.08. The molecule has 5 nitrogen and oxygen atoms in total. The molecule has 0 aromatic heterocycles. The molecule has 2 amide bonds. The average Bonchev–Trinajstić information content (AvgIpc) is 2.55. The second-order valence-corrected chi connectivity index (χ2v) is 6.16. The zero-order chi connectivity index (χ0) is 16.8. The Bertz CT molecular complexity index is 507. The van der Waals surface area contributed by atoms with Crippen molar-refractivity contribution in [1.29, 1.82) is 0 Å². The molecule has 1 heterocycles. The molecular formula is C17H25FN2O3. The summed E-state index contributed by atoms with van der Waals surface area (Å²) in [4.78, 5) is 13.9. The van der Waals surface area contributed by atoms with Gasteiger partial charge in [-0.15, -0.1) is 0 Å². The summed E-state index contributed by atoms with van der Waals surface area (Å²) >= 11 is 0. The molecule has 2 rings (SSSR count). The molecule has 0 bridgehead atoms. The molecule has 23 heavy (non-hydrogen) atoms. The first-order chi connectivity index (χ1) is 11.0. The van der Waals surface area contributed by atoms with E-state index in [4.69, 9.17) is 4.74 Å². The fourth-order valence-corrected chi connectivity index (χ4v) is 2.72. The first-order valence-electron chi connectivity index (χ1n) is 8.08. The number of carbonyl (C=O) groups excluding carboxylic acids is 1. The van der Waals surface area contributed by atoms with Gasteiger partial charge in [-0.3, -0.25) is 0 Å². The Morgan fingerprint density at radius 3 is 2.78 bits per heavy atom. The van der Waals surface area contributed by atoms with Crippen LogP contribution < -0.4 is 10.1 Å². The van der Waals surface area contributed by atoms with Crippen LogP contribution in [0.4, 0.5) is 9.18 Å². The van der Waals surface area contributed by atoms with Gasteiger partial charge in [0.2, 0.25) is 0 Å². The van der Waals surface area contributed by atoms with Gasteiger partial charge < -0.3 is 20.1 Å². The van der Waals surface area contributed by atoms with Crippen molar-refractivity contribution in [2.75, 3.05) is 19.6 Å². The topological polar surface area (TPSA) is 61.8 Å². The summed E-state index contributed by atoms with van der Waals surface area (Å²) < 4.78 is 18.5. The Morgan fingerprint density at radius 2 is 2.13 bits per heavy atom. The third-order valence-corrected chi connectivity index (χ3v) is 4.12. The standard InChI is InChI=1S/C17H25FN2O3/c1-12(23-16-7-5-15(18)6-8-16)10-19-17(22)20-9-3-4-14(11-20)13(2)21/h5-8,12-14,21H,3-4,9-11H2,1-2H3,(H,19,22). The number of rotatable bonds is 5. The number of piperidine rings is 1. The van der Waals surface area contributed by atoms with Crippen molar-refractivity contribution in [1.82, 2.24) is 10.2 Å². The minimum Gasteiger partial charge on any atom is -0.489 e. The van der Waals surface area contributed by atoms with Crippen LogP contribution in [0.5, 0.6) is 5.75 Å². The number of aliphatic hydroxyl groups is 1. The van der Waals surface area contributed by atoms with E-state index in [0.29, 0.717) is 25.4 Å². The summed E-state index contributed by atoms with van der Waals surface area (Å²) in [7, 11) is 0. The van der Waals surface area contributed by atoms with Gasteiger partial charge in [0, 0.05) is 19.0 Å². The van der Waals surface area contributed by atoms with Crippen LogP contribution in [0.2, 0.25) is 0 Å². The maximum atomic E-state index is 12.8. The van der Waals surface area contributed by atoms with Crippen LogP contribution in [0, 0.1) is 11.7 Å². The number of nitrogens with zero attached hydrogens (tertiary/aromatic N) is 1. The lowest BCUT2D eigenvalue weighted by Gasteiger charge is -2.34. The molecule has 1 aromatic rings. The van der Waals surface area contributed by atoms with E-state index in [9.17, 15) is 14.3 Å². The highest BCUT2D eigenvalue weighted by molar-refractivity contribution is 5.74. The molecule has 0 radical (unpaired) electrons. The maximum Gasteiger partial charge on any atom is 0.317 e. The smallest absolute Gasteiger partial charge is 0.317 e. The van der Waals surface area contributed by atoms with E-state index in [0.717, 1.165) is 12.8 Å². The molecule has 3 atom stereocenters. The van der Waals surface area contributed by atoms with Crippen molar-refractivity contribution >= 4 is 6.03 Å². The van der Waals surface area contributed by atoms with Crippen molar-refractivity contribution in [2.45, 2.75) is 38.9 Å². The van der Waals surface area contributed by atoms with Crippen molar-refractivity contribution in [2.24, 2.45) is 5.92 Å². The minimum atomic E-state index is -0.397. The van der Waals surface area contributed by atoms with Gasteiger partial charge >= 0.3 is 6.03 Å². The molecule has 128 valence electrons. The predicted octanol–water partition coefficient (Wildman–Crippen LogP) is 2.40. The van der Waals surface area contributed by atoms with Gasteiger partial charge in [0.15, 0.2) is 0 Å². The molecule has 3 unspecified atom stereocenters. The summed E-state index contributed by atoms with van der Waals surface area (Å²) in [5.74, 6) is 0.402. The summed E-state index contributed by atoms with van der Waals surface area (Å²) in [6, 6.07) is 5.66. The van der Waals surface area contributed by atoms with Crippen LogP contribution in [0.1, 0.15) is 26.7 Å². The van der Waals surface area contributed by atoms with Crippen LogP contribution in [0.3, 0.4) is 0 Å². The summed E-state index contributed by atoms with van der Waals surface area (Å²) in [6.07, 6.45) is 1.24. The van der Waals surface area contributed by atoms with Gasteiger partial charge in [-0.1, -0.05) is 0 Å². The zero-order valence-electron chi connectivity index (χ0n) is 13.7. The van der Waals surface area contributed by atoms with Gasteiger partial charge in [-0.2, -0.15) is 0 Å². The summed E-state index contributed by atoms with van der Waals surface area (Å²) in [6.45, 7) is 5.27. The number of ether oxygens (including phenoxy) is 1. The number of benzene rings is 1. The zero-order valence-corrected chi connectivity index (χ0v) is 13.7. The average molecular weight is 324 g/mol. The van der Waals surface area contributed by atoms with Gasteiger partial charge in [-0.25, -0.2) is 9.18 Å². The van der Waals surface area contributed by atoms with Gasteiger partial charge in [0.25, 0.3) is 0 Å². The number of aliphatic hydroxyl groups excluding tert-OH is 1. The van der Waals surface area contributed by atoms with E-state index in [2.05, 4.69) is 5.32 Å². The van der Waals surface area contributed by atoms with Gasteiger partial charge in [0.05, 0.1) is 12.6 Å². The van der Waals surface area contributed by atoms with Gasteiger partial charge in [-0.05, 0) is 51.0 Å². The highest BCUT2D eigenvalue weighted by Crippen LogP contribution is 2.19. The number of nitrogens with one attached hydrogen (secondary N) is 1. The van der Waals surface area contributed by atoms with Crippen LogP contribution in [0.25, 0.3) is 0 Å². The predicted molar refractivity (Wildman–Crippen MR) is 85.9 cm³/mol. The molecule has 2 N–H and O–H groups in total. The summed E-state index contributed by atoms with van der Waals surface area (Å²) in [5, 5.41) is 12.5. The number of hydrogen-bond donors (Lipinski definition) is 2. The molecule has 1 aliphatic heterocycles. The van der Waals surface area contributed by atoms with Crippen LogP contribution >= 0.6 is 0 Å². The second kappa shape index (κ2) is 8.15. The Morgan fingerprint density at radius 1 is 1.43 bits per heavy atom. The lowest BCUT2D eigenvalue weighted by atomic mass is 9.94. The Hall–Kier alpha value is -1.82. The van der Waals surface area contributed by atoms with E-state index < -0.39 is 6.10 Å². The highest BCUT2D eigenvalue weighted by Gasteiger charge is 2.26. The number of amides is 2. The van der Waals surface area contributed by atoms with E-state index in [-0.39, 0.29) is 23.9 Å². The summed E-state index contributed by atoms with van der Waals surface area (Å²) in [5.41, 5.74) is 0. The van der Waals surface area contributed by atoms with Gasteiger partial charge in [0.1, 0.15) is 17.7 Å². The molecular weight excluding hydrogens is 299 g/mol.